The monoisotopic (exact) mass is 231 g/mol. The first-order chi connectivity index (χ1) is 7.81. The number of nitrogens with one attached hydrogen (secondary N) is 1. The third kappa shape index (κ3) is 2.55. The van der Waals surface area contributed by atoms with E-state index in [0.717, 1.165) is 13.1 Å². The van der Waals surface area contributed by atoms with Gasteiger partial charge in [-0.05, 0) is 22.0 Å². The highest BCUT2D eigenvalue weighted by atomic mass is 14.9. The number of hydrogen-bond acceptors (Lipinski definition) is 1. The molecule has 1 heterocycles. The fourth-order valence-corrected chi connectivity index (χ4v) is 2.72. The molecule has 0 amide bonds. The van der Waals surface area contributed by atoms with Gasteiger partial charge in [0, 0.05) is 19.0 Å². The maximum absolute atomic E-state index is 3.51. The van der Waals surface area contributed by atoms with Crippen molar-refractivity contribution in [2.24, 2.45) is 5.41 Å². The lowest BCUT2D eigenvalue weighted by Gasteiger charge is -2.27. The number of rotatable bonds is 1. The highest BCUT2D eigenvalue weighted by Gasteiger charge is 2.35. The van der Waals surface area contributed by atoms with Crippen LogP contribution < -0.4 is 5.32 Å². The van der Waals surface area contributed by atoms with E-state index in [1.165, 1.54) is 11.1 Å². The molecule has 0 aromatic heterocycles. The highest BCUT2D eigenvalue weighted by Crippen LogP contribution is 2.38. The minimum atomic E-state index is 0.252. The van der Waals surface area contributed by atoms with Crippen LogP contribution >= 0.6 is 0 Å². The Morgan fingerprint density at radius 3 is 2.12 bits per heavy atom. The molecule has 1 saturated heterocycles. The van der Waals surface area contributed by atoms with Crippen LogP contribution in [0.3, 0.4) is 0 Å². The van der Waals surface area contributed by atoms with Gasteiger partial charge in [0.25, 0.3) is 0 Å². The first kappa shape index (κ1) is 12.6. The van der Waals surface area contributed by atoms with Gasteiger partial charge in [0.1, 0.15) is 0 Å². The van der Waals surface area contributed by atoms with Crippen molar-refractivity contribution >= 4 is 0 Å². The smallest absolute Gasteiger partial charge is 0.00267 e. The van der Waals surface area contributed by atoms with Crippen LogP contribution in [-0.4, -0.2) is 13.1 Å². The largest absolute Gasteiger partial charge is 0.316 e. The van der Waals surface area contributed by atoms with Crippen molar-refractivity contribution in [3.63, 3.8) is 0 Å². The van der Waals surface area contributed by atoms with Crippen molar-refractivity contribution in [3.05, 3.63) is 35.4 Å². The van der Waals surface area contributed by atoms with E-state index in [2.05, 4.69) is 64.2 Å². The second-order valence-electron chi connectivity index (χ2n) is 7.04. The SMILES string of the molecule is CC(C)(C)c1ccc(C2CNCC2(C)C)cc1. The fraction of sp³-hybridized carbons (Fsp3) is 0.625. The van der Waals surface area contributed by atoms with E-state index in [-0.39, 0.29) is 5.41 Å². The molecule has 2 rings (SSSR count). The van der Waals surface area contributed by atoms with Gasteiger partial charge in [0.05, 0.1) is 0 Å². The van der Waals surface area contributed by atoms with Crippen LogP contribution in [0.25, 0.3) is 0 Å². The predicted octanol–water partition coefficient (Wildman–Crippen LogP) is 3.70. The van der Waals surface area contributed by atoms with Gasteiger partial charge < -0.3 is 5.32 Å². The van der Waals surface area contributed by atoms with Crippen molar-refractivity contribution in [1.82, 2.24) is 5.32 Å². The minimum absolute atomic E-state index is 0.252. The van der Waals surface area contributed by atoms with Crippen molar-refractivity contribution in [2.75, 3.05) is 13.1 Å². The van der Waals surface area contributed by atoms with Gasteiger partial charge in [-0.2, -0.15) is 0 Å². The van der Waals surface area contributed by atoms with Crippen LogP contribution in [0.2, 0.25) is 0 Å². The van der Waals surface area contributed by atoms with E-state index in [1.807, 2.05) is 0 Å². The molecule has 1 fully saturated rings. The number of benzene rings is 1. The van der Waals surface area contributed by atoms with Crippen LogP contribution in [0, 0.1) is 5.41 Å². The molecule has 1 aliphatic heterocycles. The highest BCUT2D eigenvalue weighted by molar-refractivity contribution is 5.31. The standard InChI is InChI=1S/C16H25N/c1-15(2,3)13-8-6-12(7-9-13)14-10-17-11-16(14,4)5/h6-9,14,17H,10-11H2,1-5H3. The van der Waals surface area contributed by atoms with Gasteiger partial charge in [-0.3, -0.25) is 0 Å². The predicted molar refractivity (Wildman–Crippen MR) is 74.5 cm³/mol. The molecule has 1 atom stereocenters. The fourth-order valence-electron chi connectivity index (χ4n) is 2.72. The van der Waals surface area contributed by atoms with E-state index in [4.69, 9.17) is 0 Å². The van der Waals surface area contributed by atoms with Crippen LogP contribution in [0.1, 0.15) is 51.7 Å². The van der Waals surface area contributed by atoms with Crippen molar-refractivity contribution in [1.29, 1.82) is 0 Å². The second-order valence-corrected chi connectivity index (χ2v) is 7.04. The maximum Gasteiger partial charge on any atom is 0.00267 e. The summed E-state index contributed by atoms with van der Waals surface area (Å²) in [6.07, 6.45) is 0. The normalized spacial score (nSPS) is 23.9. The molecular formula is C16H25N. The maximum atomic E-state index is 3.51. The average Bonchev–Trinajstić information content (AvgIpc) is 2.57. The zero-order chi connectivity index (χ0) is 12.7. The van der Waals surface area contributed by atoms with Gasteiger partial charge in [0.15, 0.2) is 0 Å². The third-order valence-corrected chi connectivity index (χ3v) is 4.05. The summed E-state index contributed by atoms with van der Waals surface area (Å²) in [4.78, 5) is 0. The van der Waals surface area contributed by atoms with Gasteiger partial charge in [0.2, 0.25) is 0 Å². The third-order valence-electron chi connectivity index (χ3n) is 4.05. The Balaban J connectivity index is 2.24. The Hall–Kier alpha value is -0.820. The molecule has 0 bridgehead atoms. The lowest BCUT2D eigenvalue weighted by atomic mass is 9.77. The first-order valence-corrected chi connectivity index (χ1v) is 6.62. The molecule has 94 valence electrons. The Bertz CT molecular complexity index is 381. The van der Waals surface area contributed by atoms with E-state index >= 15 is 0 Å². The summed E-state index contributed by atoms with van der Waals surface area (Å²) < 4.78 is 0. The topological polar surface area (TPSA) is 12.0 Å². The second kappa shape index (κ2) is 4.13. The quantitative estimate of drug-likeness (QED) is 0.777. The van der Waals surface area contributed by atoms with Gasteiger partial charge >= 0.3 is 0 Å². The lowest BCUT2D eigenvalue weighted by molar-refractivity contribution is 0.363. The van der Waals surface area contributed by atoms with Crippen LogP contribution in [0.15, 0.2) is 24.3 Å². The molecule has 1 nitrogen and oxygen atoms in total. The Labute approximate surface area is 106 Å². The molecule has 0 aliphatic carbocycles. The molecule has 0 radical (unpaired) electrons. The molecule has 1 aliphatic rings. The lowest BCUT2D eigenvalue weighted by Crippen LogP contribution is -2.20. The zero-order valence-electron chi connectivity index (χ0n) is 11.8. The summed E-state index contributed by atoms with van der Waals surface area (Å²) in [7, 11) is 0. The number of hydrogen-bond donors (Lipinski definition) is 1. The summed E-state index contributed by atoms with van der Waals surface area (Å²) in [5, 5.41) is 3.51. The van der Waals surface area contributed by atoms with E-state index in [0.29, 0.717) is 11.3 Å². The molecule has 0 spiro atoms. The molecule has 1 aromatic rings. The Morgan fingerprint density at radius 2 is 1.71 bits per heavy atom. The van der Waals surface area contributed by atoms with Gasteiger partial charge in [-0.15, -0.1) is 0 Å². The first-order valence-electron chi connectivity index (χ1n) is 6.62. The molecule has 1 unspecified atom stereocenters. The van der Waals surface area contributed by atoms with E-state index in [1.54, 1.807) is 0 Å². The van der Waals surface area contributed by atoms with Crippen LogP contribution in [0.4, 0.5) is 0 Å². The Kier molecular flexibility index (Phi) is 3.07. The van der Waals surface area contributed by atoms with Crippen molar-refractivity contribution in [3.8, 4) is 0 Å². The summed E-state index contributed by atoms with van der Waals surface area (Å²) in [5.41, 5.74) is 3.53. The molecule has 1 heteroatoms. The average molecular weight is 231 g/mol. The van der Waals surface area contributed by atoms with Crippen molar-refractivity contribution < 1.29 is 0 Å². The van der Waals surface area contributed by atoms with Crippen LogP contribution in [-0.2, 0) is 5.41 Å². The molecule has 17 heavy (non-hydrogen) atoms. The van der Waals surface area contributed by atoms with E-state index < -0.39 is 0 Å². The van der Waals surface area contributed by atoms with E-state index in [9.17, 15) is 0 Å². The molecule has 0 saturated carbocycles. The van der Waals surface area contributed by atoms with Crippen LogP contribution in [0.5, 0.6) is 0 Å². The van der Waals surface area contributed by atoms with Crippen molar-refractivity contribution in [2.45, 2.75) is 46.0 Å². The minimum Gasteiger partial charge on any atom is -0.316 e. The molecular weight excluding hydrogens is 206 g/mol. The summed E-state index contributed by atoms with van der Waals surface area (Å²) in [6, 6.07) is 9.23. The summed E-state index contributed by atoms with van der Waals surface area (Å²) in [5.74, 6) is 0.650. The summed E-state index contributed by atoms with van der Waals surface area (Å²) >= 11 is 0. The molecule has 1 aromatic carbocycles. The summed E-state index contributed by atoms with van der Waals surface area (Å²) in [6.45, 7) is 13.8. The van der Waals surface area contributed by atoms with Gasteiger partial charge in [-0.25, -0.2) is 0 Å². The zero-order valence-corrected chi connectivity index (χ0v) is 11.8. The Morgan fingerprint density at radius 1 is 1.12 bits per heavy atom. The molecule has 1 N–H and O–H groups in total. The van der Waals surface area contributed by atoms with Gasteiger partial charge in [-0.1, -0.05) is 58.9 Å².